The van der Waals surface area contributed by atoms with Gasteiger partial charge in [0.1, 0.15) is 6.54 Å². The van der Waals surface area contributed by atoms with Crippen molar-refractivity contribution in [3.8, 4) is 0 Å². The Morgan fingerprint density at radius 2 is 1.85 bits per heavy atom. The van der Waals surface area contributed by atoms with E-state index in [1.165, 1.54) is 6.92 Å². The second-order valence-corrected chi connectivity index (χ2v) is 4.58. The molecule has 0 aliphatic carbocycles. The Morgan fingerprint density at radius 3 is 2.40 bits per heavy atom. The zero-order valence-electron chi connectivity index (χ0n) is 12.3. The van der Waals surface area contributed by atoms with Gasteiger partial charge in [0.25, 0.3) is 0 Å². The summed E-state index contributed by atoms with van der Waals surface area (Å²) in [5.74, 6) is -0.209. The molecule has 5 nitrogen and oxygen atoms in total. The maximum absolute atomic E-state index is 12.2. The third-order valence-electron chi connectivity index (χ3n) is 3.07. The Labute approximate surface area is 120 Å². The van der Waals surface area contributed by atoms with Crippen LogP contribution < -0.4 is 4.90 Å². The molecule has 0 unspecified atom stereocenters. The highest BCUT2D eigenvalue weighted by atomic mass is 16.5. The third kappa shape index (κ3) is 5.01. The van der Waals surface area contributed by atoms with Crippen LogP contribution in [0.15, 0.2) is 30.3 Å². The van der Waals surface area contributed by atoms with E-state index in [0.29, 0.717) is 13.2 Å². The standard InChI is InChI=1S/C15H22N2O3/c1-13(18)17(10-7-11-20-3)12-15(19)16(2)14-8-5-4-6-9-14/h4-6,8-9H,7,10-12H2,1-3H3. The zero-order valence-corrected chi connectivity index (χ0v) is 12.3. The van der Waals surface area contributed by atoms with E-state index in [4.69, 9.17) is 4.74 Å². The lowest BCUT2D eigenvalue weighted by Gasteiger charge is -2.24. The number of para-hydroxylation sites is 1. The van der Waals surface area contributed by atoms with Crippen LogP contribution in [0.25, 0.3) is 0 Å². The van der Waals surface area contributed by atoms with Crippen LogP contribution in [0, 0.1) is 0 Å². The Bertz CT molecular complexity index is 434. The summed E-state index contributed by atoms with van der Waals surface area (Å²) in [4.78, 5) is 26.8. The largest absolute Gasteiger partial charge is 0.385 e. The second-order valence-electron chi connectivity index (χ2n) is 4.58. The summed E-state index contributed by atoms with van der Waals surface area (Å²) < 4.78 is 4.96. The average Bonchev–Trinajstić information content (AvgIpc) is 2.46. The van der Waals surface area contributed by atoms with Crippen molar-refractivity contribution in [3.63, 3.8) is 0 Å². The molecule has 1 rings (SSSR count). The summed E-state index contributed by atoms with van der Waals surface area (Å²) in [7, 11) is 3.33. The minimum Gasteiger partial charge on any atom is -0.385 e. The number of rotatable bonds is 7. The maximum Gasteiger partial charge on any atom is 0.246 e. The van der Waals surface area contributed by atoms with Gasteiger partial charge in [0, 0.05) is 39.9 Å². The van der Waals surface area contributed by atoms with Crippen LogP contribution in [-0.4, -0.2) is 50.6 Å². The van der Waals surface area contributed by atoms with Crippen molar-refractivity contribution >= 4 is 17.5 Å². The van der Waals surface area contributed by atoms with E-state index >= 15 is 0 Å². The number of nitrogens with zero attached hydrogens (tertiary/aromatic N) is 2. The molecule has 0 aromatic heterocycles. The molecule has 0 aliphatic rings. The molecular formula is C15H22N2O3. The second kappa shape index (κ2) is 8.32. The molecule has 0 aliphatic heterocycles. The number of methoxy groups -OCH3 is 1. The fraction of sp³-hybridized carbons (Fsp3) is 0.467. The first-order chi connectivity index (χ1) is 9.56. The van der Waals surface area contributed by atoms with Crippen LogP contribution in [0.2, 0.25) is 0 Å². The van der Waals surface area contributed by atoms with Gasteiger partial charge >= 0.3 is 0 Å². The van der Waals surface area contributed by atoms with Gasteiger partial charge < -0.3 is 14.5 Å². The maximum atomic E-state index is 12.2. The number of amides is 2. The Hall–Kier alpha value is -1.88. The molecule has 0 saturated heterocycles. The van der Waals surface area contributed by atoms with Crippen LogP contribution in [0.5, 0.6) is 0 Å². The van der Waals surface area contributed by atoms with Crippen molar-refractivity contribution in [3.05, 3.63) is 30.3 Å². The minimum absolute atomic E-state index is 0.0877. The molecule has 20 heavy (non-hydrogen) atoms. The molecule has 1 aromatic rings. The van der Waals surface area contributed by atoms with Gasteiger partial charge in [-0.2, -0.15) is 0 Å². The lowest BCUT2D eigenvalue weighted by atomic mass is 10.3. The van der Waals surface area contributed by atoms with E-state index in [2.05, 4.69) is 0 Å². The minimum atomic E-state index is -0.108. The number of benzene rings is 1. The quantitative estimate of drug-likeness (QED) is 0.711. The first kappa shape index (κ1) is 16.2. The summed E-state index contributed by atoms with van der Waals surface area (Å²) in [6.45, 7) is 2.66. The number of hydrogen-bond donors (Lipinski definition) is 0. The molecule has 5 heteroatoms. The normalized spacial score (nSPS) is 10.2. The van der Waals surface area contributed by atoms with Gasteiger partial charge in [-0.1, -0.05) is 18.2 Å². The van der Waals surface area contributed by atoms with Crippen molar-refractivity contribution in [2.45, 2.75) is 13.3 Å². The first-order valence-corrected chi connectivity index (χ1v) is 6.62. The summed E-state index contributed by atoms with van der Waals surface area (Å²) >= 11 is 0. The molecule has 1 aromatic carbocycles. The molecule has 110 valence electrons. The molecule has 0 radical (unpaired) electrons. The molecule has 2 amide bonds. The number of likely N-dealkylation sites (N-methyl/N-ethyl adjacent to an activating group) is 1. The fourth-order valence-electron chi connectivity index (χ4n) is 1.81. The van der Waals surface area contributed by atoms with E-state index in [1.54, 1.807) is 24.0 Å². The molecule has 0 spiro atoms. The lowest BCUT2D eigenvalue weighted by molar-refractivity contribution is -0.133. The average molecular weight is 278 g/mol. The Kier molecular flexibility index (Phi) is 6.73. The molecule has 0 atom stereocenters. The summed E-state index contributed by atoms with van der Waals surface area (Å²) in [5.41, 5.74) is 0.817. The highest BCUT2D eigenvalue weighted by Gasteiger charge is 2.17. The zero-order chi connectivity index (χ0) is 15.0. The third-order valence-corrected chi connectivity index (χ3v) is 3.07. The highest BCUT2D eigenvalue weighted by molar-refractivity contribution is 5.95. The summed E-state index contributed by atoms with van der Waals surface area (Å²) in [6, 6.07) is 9.37. The van der Waals surface area contributed by atoms with Gasteiger partial charge in [-0.15, -0.1) is 0 Å². The number of carbonyl (C=O) groups excluding carboxylic acids is 2. The number of hydrogen-bond acceptors (Lipinski definition) is 3. The molecule has 0 bridgehead atoms. The number of carbonyl (C=O) groups is 2. The van der Waals surface area contributed by atoms with Crippen LogP contribution >= 0.6 is 0 Å². The van der Waals surface area contributed by atoms with Gasteiger partial charge in [0.2, 0.25) is 11.8 Å². The van der Waals surface area contributed by atoms with Crippen LogP contribution in [-0.2, 0) is 14.3 Å². The van der Waals surface area contributed by atoms with Crippen molar-refractivity contribution in [1.29, 1.82) is 0 Å². The van der Waals surface area contributed by atoms with Crippen molar-refractivity contribution in [2.75, 3.05) is 38.8 Å². The predicted octanol–water partition coefficient (Wildman–Crippen LogP) is 1.53. The summed E-state index contributed by atoms with van der Waals surface area (Å²) in [5, 5.41) is 0. The monoisotopic (exact) mass is 278 g/mol. The molecule has 0 fully saturated rings. The van der Waals surface area contributed by atoms with Crippen LogP contribution in [0.3, 0.4) is 0 Å². The van der Waals surface area contributed by atoms with Crippen molar-refractivity contribution in [2.24, 2.45) is 0 Å². The molecule has 0 N–H and O–H groups in total. The van der Waals surface area contributed by atoms with Crippen molar-refractivity contribution in [1.82, 2.24) is 4.90 Å². The van der Waals surface area contributed by atoms with Gasteiger partial charge in [0.15, 0.2) is 0 Å². The van der Waals surface area contributed by atoms with Crippen LogP contribution in [0.1, 0.15) is 13.3 Å². The van der Waals surface area contributed by atoms with Gasteiger partial charge in [0.05, 0.1) is 0 Å². The van der Waals surface area contributed by atoms with Crippen molar-refractivity contribution < 1.29 is 14.3 Å². The lowest BCUT2D eigenvalue weighted by Crippen LogP contribution is -2.41. The predicted molar refractivity (Wildman–Crippen MR) is 78.6 cm³/mol. The first-order valence-electron chi connectivity index (χ1n) is 6.62. The Balaban J connectivity index is 2.59. The molecule has 0 saturated carbocycles. The number of ether oxygens (including phenoxy) is 1. The van der Waals surface area contributed by atoms with Crippen LogP contribution in [0.4, 0.5) is 5.69 Å². The van der Waals surface area contributed by atoms with E-state index in [1.807, 2.05) is 30.3 Å². The van der Waals surface area contributed by atoms with Gasteiger partial charge in [-0.05, 0) is 18.6 Å². The number of anilines is 1. The summed E-state index contributed by atoms with van der Waals surface area (Å²) in [6.07, 6.45) is 0.721. The highest BCUT2D eigenvalue weighted by Crippen LogP contribution is 2.11. The van der Waals surface area contributed by atoms with E-state index in [-0.39, 0.29) is 18.4 Å². The van der Waals surface area contributed by atoms with E-state index in [9.17, 15) is 9.59 Å². The van der Waals surface area contributed by atoms with Gasteiger partial charge in [-0.3, -0.25) is 9.59 Å². The SMILES string of the molecule is COCCCN(CC(=O)N(C)c1ccccc1)C(C)=O. The van der Waals surface area contributed by atoms with E-state index < -0.39 is 0 Å². The fourth-order valence-corrected chi connectivity index (χ4v) is 1.81. The van der Waals surface area contributed by atoms with Gasteiger partial charge in [-0.25, -0.2) is 0 Å². The Morgan fingerprint density at radius 1 is 1.20 bits per heavy atom. The topological polar surface area (TPSA) is 49.9 Å². The molecule has 0 heterocycles. The smallest absolute Gasteiger partial charge is 0.246 e. The van der Waals surface area contributed by atoms with E-state index in [0.717, 1.165) is 12.1 Å². The molecular weight excluding hydrogens is 256 g/mol.